The van der Waals surface area contributed by atoms with E-state index in [0.717, 1.165) is 43.4 Å². The predicted molar refractivity (Wildman–Crippen MR) is 92.3 cm³/mol. The Morgan fingerprint density at radius 3 is 2.77 bits per heavy atom. The molecule has 0 spiro atoms. The van der Waals surface area contributed by atoms with E-state index in [1.807, 2.05) is 4.90 Å². The van der Waals surface area contributed by atoms with Crippen LogP contribution in [0.1, 0.15) is 30.5 Å². The summed E-state index contributed by atoms with van der Waals surface area (Å²) in [5.41, 5.74) is 2.32. The Morgan fingerprint density at radius 1 is 1.35 bits per heavy atom. The Balaban J connectivity index is 1.73. The van der Waals surface area contributed by atoms with Crippen molar-refractivity contribution in [1.29, 1.82) is 0 Å². The zero-order valence-electron chi connectivity index (χ0n) is 14.3. The molecule has 1 aliphatic heterocycles. The van der Waals surface area contributed by atoms with E-state index in [0.29, 0.717) is 18.2 Å². The molecule has 2 heterocycles. The zero-order valence-corrected chi connectivity index (χ0v) is 14.3. The quantitative estimate of drug-likeness (QED) is 0.544. The third-order valence-corrected chi connectivity index (χ3v) is 5.81. The molecule has 4 rings (SSSR count). The molecule has 2 fully saturated rings. The molecule has 0 bridgehead atoms. The molecule has 1 aromatic heterocycles. The molecule has 1 saturated heterocycles. The highest BCUT2D eigenvalue weighted by molar-refractivity contribution is 5.70. The molecular formula is C17H22N4O5. The number of nitrogens with one attached hydrogen (secondary N) is 1. The number of piperidine rings is 1. The van der Waals surface area contributed by atoms with Gasteiger partial charge >= 0.3 is 11.8 Å². The fourth-order valence-corrected chi connectivity index (χ4v) is 4.47. The van der Waals surface area contributed by atoms with Crippen LogP contribution in [0.15, 0.2) is 6.20 Å². The second-order valence-electron chi connectivity index (χ2n) is 7.48. The first-order valence-corrected chi connectivity index (χ1v) is 9.03. The molecule has 140 valence electrons. The summed E-state index contributed by atoms with van der Waals surface area (Å²) in [5, 5.41) is 33.7. The van der Waals surface area contributed by atoms with Crippen molar-refractivity contribution in [3.8, 4) is 0 Å². The number of aliphatic hydroxyl groups excluding tert-OH is 1. The molecule has 3 N–H and O–H groups in total. The van der Waals surface area contributed by atoms with Gasteiger partial charge < -0.3 is 20.4 Å². The third kappa shape index (κ3) is 2.96. The molecular weight excluding hydrogens is 340 g/mol. The monoisotopic (exact) mass is 362 g/mol. The largest absolute Gasteiger partial charge is 0.465 e. The molecule has 26 heavy (non-hydrogen) atoms. The Bertz CT molecular complexity index is 751. The first-order valence-electron chi connectivity index (χ1n) is 9.03. The van der Waals surface area contributed by atoms with Crippen molar-refractivity contribution in [2.24, 2.45) is 11.8 Å². The first-order chi connectivity index (χ1) is 12.5. The van der Waals surface area contributed by atoms with Crippen LogP contribution in [-0.4, -0.2) is 51.4 Å². The van der Waals surface area contributed by atoms with Gasteiger partial charge in [-0.05, 0) is 38.0 Å². The topological polar surface area (TPSA) is 129 Å². The van der Waals surface area contributed by atoms with Gasteiger partial charge in [-0.25, -0.2) is 4.79 Å². The normalized spacial score (nSPS) is 27.9. The number of nitrogens with zero attached hydrogens (tertiary/aromatic N) is 3. The number of rotatable bonds is 4. The van der Waals surface area contributed by atoms with E-state index in [9.17, 15) is 20.0 Å². The van der Waals surface area contributed by atoms with E-state index in [4.69, 9.17) is 5.11 Å². The van der Waals surface area contributed by atoms with Gasteiger partial charge in [0.05, 0.1) is 17.1 Å². The van der Waals surface area contributed by atoms with E-state index in [2.05, 4.69) is 10.3 Å². The number of aliphatic hydroxyl groups is 1. The van der Waals surface area contributed by atoms with Gasteiger partial charge in [0.15, 0.2) is 0 Å². The fraction of sp³-hybridized carbons (Fsp3) is 0.647. The highest BCUT2D eigenvalue weighted by atomic mass is 16.6. The van der Waals surface area contributed by atoms with Crippen molar-refractivity contribution in [3.63, 3.8) is 0 Å². The summed E-state index contributed by atoms with van der Waals surface area (Å²) in [6, 6.07) is -0.670. The van der Waals surface area contributed by atoms with Gasteiger partial charge in [-0.3, -0.25) is 15.1 Å². The number of anilines is 1. The fourth-order valence-electron chi connectivity index (χ4n) is 4.47. The summed E-state index contributed by atoms with van der Waals surface area (Å²) in [5.74, 6) is 0.255. The minimum absolute atomic E-state index is 0.0364. The van der Waals surface area contributed by atoms with Gasteiger partial charge in [0.1, 0.15) is 11.9 Å². The summed E-state index contributed by atoms with van der Waals surface area (Å²) in [6.45, 7) is 0.717. The molecule has 0 radical (unpaired) electrons. The number of aryl methyl sites for hydroxylation is 1. The Kier molecular flexibility index (Phi) is 4.18. The lowest BCUT2D eigenvalue weighted by Gasteiger charge is -2.43. The van der Waals surface area contributed by atoms with Gasteiger partial charge in [0.2, 0.25) is 0 Å². The summed E-state index contributed by atoms with van der Waals surface area (Å²) >= 11 is 0. The number of hydrogen-bond acceptors (Lipinski definition) is 6. The van der Waals surface area contributed by atoms with Gasteiger partial charge in [-0.2, -0.15) is 0 Å². The first kappa shape index (κ1) is 17.0. The van der Waals surface area contributed by atoms with Crippen LogP contribution < -0.4 is 10.2 Å². The predicted octanol–water partition coefficient (Wildman–Crippen LogP) is 1.32. The summed E-state index contributed by atoms with van der Waals surface area (Å²) < 4.78 is 0. The summed E-state index contributed by atoms with van der Waals surface area (Å²) in [6.07, 6.45) is 3.82. The smallest absolute Gasteiger partial charge is 0.405 e. The Morgan fingerprint density at radius 2 is 2.12 bits per heavy atom. The van der Waals surface area contributed by atoms with Gasteiger partial charge in [-0.1, -0.05) is 0 Å². The standard InChI is InChI=1S/C17H22N4O5/c22-16-11(9-4-5-9)7-20(8-13(16)19-17(23)24)15-10-2-1-3-12(10)18-6-14(15)21(25)26/h6,9,11,13,16,19,22H,1-5,7-8H2,(H,23,24)/t11-,13-,16-/m1/s1. The lowest BCUT2D eigenvalue weighted by Crippen LogP contribution is -2.60. The molecule has 1 saturated carbocycles. The maximum Gasteiger partial charge on any atom is 0.405 e. The molecule has 3 atom stereocenters. The van der Waals surface area contributed by atoms with Crippen molar-refractivity contribution < 1.29 is 19.9 Å². The number of amides is 1. The van der Waals surface area contributed by atoms with Crippen LogP contribution in [0.2, 0.25) is 0 Å². The van der Waals surface area contributed by atoms with Crippen LogP contribution in [0.3, 0.4) is 0 Å². The molecule has 1 amide bonds. The number of carbonyl (C=O) groups is 1. The third-order valence-electron chi connectivity index (χ3n) is 5.81. The van der Waals surface area contributed by atoms with Crippen LogP contribution >= 0.6 is 0 Å². The maximum absolute atomic E-state index is 11.6. The molecule has 1 aromatic rings. The minimum atomic E-state index is -1.19. The highest BCUT2D eigenvalue weighted by Crippen LogP contribution is 2.44. The van der Waals surface area contributed by atoms with Crippen molar-refractivity contribution in [1.82, 2.24) is 10.3 Å². The number of carboxylic acid groups (broad SMARTS) is 1. The van der Waals surface area contributed by atoms with E-state index in [1.165, 1.54) is 6.20 Å². The molecule has 9 nitrogen and oxygen atoms in total. The van der Waals surface area contributed by atoms with E-state index in [1.54, 1.807) is 0 Å². The van der Waals surface area contributed by atoms with Crippen LogP contribution in [0.25, 0.3) is 0 Å². The van der Waals surface area contributed by atoms with Crippen LogP contribution in [0, 0.1) is 22.0 Å². The van der Waals surface area contributed by atoms with Crippen molar-refractivity contribution in [2.45, 2.75) is 44.2 Å². The molecule has 3 aliphatic rings. The number of aromatic nitrogens is 1. The average Bonchev–Trinajstić information content (AvgIpc) is 3.31. The number of nitro groups is 1. The molecule has 9 heteroatoms. The van der Waals surface area contributed by atoms with Crippen LogP contribution in [0.4, 0.5) is 16.2 Å². The van der Waals surface area contributed by atoms with Crippen molar-refractivity contribution >= 4 is 17.5 Å². The number of hydrogen-bond donors (Lipinski definition) is 3. The Hall–Kier alpha value is -2.42. The van der Waals surface area contributed by atoms with E-state index < -0.39 is 23.2 Å². The van der Waals surface area contributed by atoms with E-state index >= 15 is 0 Å². The lowest BCUT2D eigenvalue weighted by atomic mass is 9.86. The van der Waals surface area contributed by atoms with Crippen LogP contribution in [0.5, 0.6) is 0 Å². The number of fused-ring (bicyclic) bond motifs is 1. The van der Waals surface area contributed by atoms with E-state index in [-0.39, 0.29) is 18.2 Å². The highest BCUT2D eigenvalue weighted by Gasteiger charge is 2.46. The van der Waals surface area contributed by atoms with Crippen LogP contribution in [-0.2, 0) is 12.8 Å². The van der Waals surface area contributed by atoms with Gasteiger partial charge in [0, 0.05) is 30.3 Å². The maximum atomic E-state index is 11.6. The van der Waals surface area contributed by atoms with Gasteiger partial charge in [-0.15, -0.1) is 0 Å². The van der Waals surface area contributed by atoms with Crippen molar-refractivity contribution in [2.75, 3.05) is 18.0 Å². The second-order valence-corrected chi connectivity index (χ2v) is 7.48. The zero-order chi connectivity index (χ0) is 18.4. The molecule has 2 aliphatic carbocycles. The molecule has 0 unspecified atom stereocenters. The Labute approximate surface area is 150 Å². The second kappa shape index (κ2) is 6.39. The molecule has 0 aromatic carbocycles. The van der Waals surface area contributed by atoms with Crippen molar-refractivity contribution in [3.05, 3.63) is 27.6 Å². The SMILES string of the molecule is O=C(O)N[C@@H]1CN(c2c([N+](=O)[O-])cnc3c2CCC3)C[C@H](C2CC2)[C@H]1O. The minimum Gasteiger partial charge on any atom is -0.465 e. The van der Waals surface area contributed by atoms with Gasteiger partial charge in [0.25, 0.3) is 0 Å². The number of pyridine rings is 1. The lowest BCUT2D eigenvalue weighted by molar-refractivity contribution is -0.384. The summed E-state index contributed by atoms with van der Waals surface area (Å²) in [4.78, 5) is 28.5. The average molecular weight is 362 g/mol. The summed E-state index contributed by atoms with van der Waals surface area (Å²) in [7, 11) is 0.